The first-order valence-corrected chi connectivity index (χ1v) is 6.62. The van der Waals surface area contributed by atoms with E-state index in [-0.39, 0.29) is 0 Å². The van der Waals surface area contributed by atoms with Gasteiger partial charge in [-0.15, -0.1) is 0 Å². The van der Waals surface area contributed by atoms with Crippen LogP contribution in [0.2, 0.25) is 0 Å². The lowest BCUT2D eigenvalue weighted by molar-refractivity contribution is -0.155. The molecule has 128 valence electrons. The van der Waals surface area contributed by atoms with Crippen LogP contribution in [0.15, 0.2) is 35.3 Å². The quantitative estimate of drug-likeness (QED) is 0.840. The van der Waals surface area contributed by atoms with Crippen LogP contribution in [0, 0.1) is 18.6 Å². The van der Waals surface area contributed by atoms with Gasteiger partial charge in [0.05, 0.1) is 0 Å². The Morgan fingerprint density at radius 3 is 2.50 bits per heavy atom. The molecular weight excluding hydrogens is 335 g/mol. The van der Waals surface area contributed by atoms with Gasteiger partial charge in [0.2, 0.25) is 0 Å². The molecule has 0 aliphatic rings. The number of halogens is 5. The molecule has 1 heterocycles. The molecule has 4 nitrogen and oxygen atoms in total. The summed E-state index contributed by atoms with van der Waals surface area (Å²) >= 11 is 0. The maximum atomic E-state index is 13.7. The van der Waals surface area contributed by atoms with E-state index in [1.54, 1.807) is 0 Å². The zero-order valence-electron chi connectivity index (χ0n) is 12.2. The predicted octanol–water partition coefficient (Wildman–Crippen LogP) is 2.99. The van der Waals surface area contributed by atoms with Gasteiger partial charge in [0.25, 0.3) is 5.91 Å². The number of rotatable bonds is 3. The highest BCUT2D eigenvalue weighted by Crippen LogP contribution is 2.34. The number of aryl methyl sites for hydroxylation is 1. The van der Waals surface area contributed by atoms with Crippen molar-refractivity contribution in [1.82, 2.24) is 10.3 Å². The Hall–Kier alpha value is -2.71. The van der Waals surface area contributed by atoms with Gasteiger partial charge in [-0.05, 0) is 13.0 Å². The number of aromatic amines is 1. The number of carbonyl (C=O) groups is 1. The summed E-state index contributed by atoms with van der Waals surface area (Å²) in [5.41, 5.74) is -2.06. The highest BCUT2D eigenvalue weighted by Gasteiger charge is 2.44. The number of benzene rings is 1. The van der Waals surface area contributed by atoms with Gasteiger partial charge in [0, 0.05) is 23.5 Å². The zero-order chi connectivity index (χ0) is 18.1. The third kappa shape index (κ3) is 3.61. The molecule has 1 aromatic heterocycles. The van der Waals surface area contributed by atoms with Crippen LogP contribution in [-0.2, 0) is 0 Å². The summed E-state index contributed by atoms with van der Waals surface area (Å²) in [6.45, 7) is 1.52. The first-order valence-electron chi connectivity index (χ1n) is 6.62. The Kier molecular flexibility index (Phi) is 4.72. The molecule has 1 amide bonds. The van der Waals surface area contributed by atoms with E-state index >= 15 is 0 Å². The van der Waals surface area contributed by atoms with E-state index in [4.69, 9.17) is 0 Å². The minimum Gasteiger partial charge on any atom is -0.364 e. The largest absolute Gasteiger partial charge is 0.412 e. The fourth-order valence-corrected chi connectivity index (χ4v) is 2.04. The van der Waals surface area contributed by atoms with Crippen molar-refractivity contribution >= 4 is 5.91 Å². The first kappa shape index (κ1) is 17.6. The van der Waals surface area contributed by atoms with Crippen molar-refractivity contribution in [3.05, 3.63) is 69.1 Å². The molecular formula is C15H11F5N2O2. The van der Waals surface area contributed by atoms with Gasteiger partial charge < -0.3 is 10.3 Å². The second kappa shape index (κ2) is 6.42. The molecule has 0 radical (unpaired) electrons. The highest BCUT2D eigenvalue weighted by molar-refractivity contribution is 5.94. The predicted molar refractivity (Wildman–Crippen MR) is 74.4 cm³/mol. The summed E-state index contributed by atoms with van der Waals surface area (Å²) < 4.78 is 66.4. The summed E-state index contributed by atoms with van der Waals surface area (Å²) in [6.07, 6.45) is -4.15. The van der Waals surface area contributed by atoms with Crippen LogP contribution in [0.4, 0.5) is 22.0 Å². The van der Waals surface area contributed by atoms with Crippen molar-refractivity contribution in [2.24, 2.45) is 0 Å². The lowest BCUT2D eigenvalue weighted by Gasteiger charge is -2.22. The molecule has 0 saturated carbocycles. The fourth-order valence-electron chi connectivity index (χ4n) is 2.04. The highest BCUT2D eigenvalue weighted by atomic mass is 19.4. The van der Waals surface area contributed by atoms with Gasteiger partial charge in [-0.1, -0.05) is 12.1 Å². The van der Waals surface area contributed by atoms with E-state index in [1.807, 2.05) is 0 Å². The number of amides is 1. The second-order valence-corrected chi connectivity index (χ2v) is 4.99. The van der Waals surface area contributed by atoms with E-state index in [0.29, 0.717) is 17.8 Å². The zero-order valence-corrected chi connectivity index (χ0v) is 12.2. The lowest BCUT2D eigenvalue weighted by Crippen LogP contribution is -2.40. The van der Waals surface area contributed by atoms with Crippen LogP contribution in [0.5, 0.6) is 0 Å². The molecule has 0 unspecified atom stereocenters. The monoisotopic (exact) mass is 346 g/mol. The van der Waals surface area contributed by atoms with E-state index in [1.165, 1.54) is 12.2 Å². The number of H-pyrrole nitrogens is 1. The summed E-state index contributed by atoms with van der Waals surface area (Å²) in [5.74, 6) is -4.57. The lowest BCUT2D eigenvalue weighted by atomic mass is 10.0. The SMILES string of the molecule is Cc1cc(=O)c(C(=O)N[C@@H](c2cccc(F)c2F)C(F)(F)F)c[nH]1. The Labute approximate surface area is 132 Å². The fraction of sp³-hybridized carbons (Fsp3) is 0.200. The van der Waals surface area contributed by atoms with Gasteiger partial charge in [-0.25, -0.2) is 8.78 Å². The average molecular weight is 346 g/mol. The number of hydrogen-bond acceptors (Lipinski definition) is 2. The van der Waals surface area contributed by atoms with Crippen LogP contribution >= 0.6 is 0 Å². The van der Waals surface area contributed by atoms with Crippen molar-refractivity contribution in [2.75, 3.05) is 0 Å². The van der Waals surface area contributed by atoms with Gasteiger partial charge in [0.15, 0.2) is 23.1 Å². The minimum atomic E-state index is -5.10. The van der Waals surface area contributed by atoms with E-state index < -0.39 is 46.3 Å². The van der Waals surface area contributed by atoms with Gasteiger partial charge in [0.1, 0.15) is 5.56 Å². The molecule has 2 rings (SSSR count). The molecule has 0 aliphatic carbocycles. The Morgan fingerprint density at radius 2 is 1.92 bits per heavy atom. The smallest absolute Gasteiger partial charge is 0.364 e. The maximum absolute atomic E-state index is 13.7. The van der Waals surface area contributed by atoms with Crippen LogP contribution in [0.3, 0.4) is 0 Å². The molecule has 2 N–H and O–H groups in total. The van der Waals surface area contributed by atoms with E-state index in [2.05, 4.69) is 4.98 Å². The molecule has 1 aromatic carbocycles. The maximum Gasteiger partial charge on any atom is 0.412 e. The molecule has 2 aromatic rings. The molecule has 0 aliphatic heterocycles. The van der Waals surface area contributed by atoms with Crippen molar-refractivity contribution in [3.63, 3.8) is 0 Å². The van der Waals surface area contributed by atoms with Gasteiger partial charge in [-0.3, -0.25) is 9.59 Å². The second-order valence-electron chi connectivity index (χ2n) is 4.99. The standard InChI is InChI=1S/C15H11F5N2O2/c1-7-5-11(23)9(6-21-7)14(24)22-13(15(18,19)20)8-3-2-4-10(16)12(8)17/h2-6,13H,1H3,(H,21,23)(H,22,24)/t13-/m0/s1. The first-order chi connectivity index (χ1) is 11.1. The number of aromatic nitrogens is 1. The Bertz CT molecular complexity index is 829. The average Bonchev–Trinajstić information content (AvgIpc) is 2.46. The van der Waals surface area contributed by atoms with Crippen LogP contribution in [0.25, 0.3) is 0 Å². The summed E-state index contributed by atoms with van der Waals surface area (Å²) in [5, 5.41) is 1.53. The van der Waals surface area contributed by atoms with E-state index in [0.717, 1.165) is 18.3 Å². The number of alkyl halides is 3. The number of carbonyl (C=O) groups excluding carboxylic acids is 1. The molecule has 9 heteroatoms. The van der Waals surface area contributed by atoms with Crippen molar-refractivity contribution in [1.29, 1.82) is 0 Å². The number of hydrogen-bond donors (Lipinski definition) is 2. The minimum absolute atomic E-state index is 0.403. The van der Waals surface area contributed by atoms with Gasteiger partial charge >= 0.3 is 6.18 Å². The molecule has 0 saturated heterocycles. The van der Waals surface area contributed by atoms with Crippen LogP contribution in [-0.4, -0.2) is 17.1 Å². The van der Waals surface area contributed by atoms with Crippen LogP contribution in [0.1, 0.15) is 27.7 Å². The Balaban J connectivity index is 2.42. The third-order valence-corrected chi connectivity index (χ3v) is 3.20. The summed E-state index contributed by atoms with van der Waals surface area (Å²) in [4.78, 5) is 26.1. The van der Waals surface area contributed by atoms with Crippen molar-refractivity contribution < 1.29 is 26.7 Å². The summed E-state index contributed by atoms with van der Waals surface area (Å²) in [7, 11) is 0. The summed E-state index contributed by atoms with van der Waals surface area (Å²) in [6, 6.07) is 0.466. The van der Waals surface area contributed by atoms with Crippen LogP contribution < -0.4 is 10.7 Å². The topological polar surface area (TPSA) is 62.0 Å². The van der Waals surface area contributed by atoms with Gasteiger partial charge in [-0.2, -0.15) is 13.2 Å². The third-order valence-electron chi connectivity index (χ3n) is 3.20. The molecule has 0 bridgehead atoms. The molecule has 0 fully saturated rings. The molecule has 0 spiro atoms. The van der Waals surface area contributed by atoms with E-state index in [9.17, 15) is 31.5 Å². The van der Waals surface area contributed by atoms with Crippen molar-refractivity contribution in [2.45, 2.75) is 19.1 Å². The molecule has 1 atom stereocenters. The Morgan fingerprint density at radius 1 is 1.25 bits per heavy atom. The number of pyridine rings is 1. The number of nitrogens with one attached hydrogen (secondary N) is 2. The molecule has 24 heavy (non-hydrogen) atoms. The van der Waals surface area contributed by atoms with Crippen molar-refractivity contribution in [3.8, 4) is 0 Å². The normalized spacial score (nSPS) is 12.8.